The first-order chi connectivity index (χ1) is 8.56. The maximum absolute atomic E-state index is 5.96. The van der Waals surface area contributed by atoms with Gasteiger partial charge in [-0.1, -0.05) is 41.4 Å². The molecule has 0 radical (unpaired) electrons. The number of hydrogen-bond donors (Lipinski definition) is 1. The van der Waals surface area contributed by atoms with Crippen LogP contribution in [0.25, 0.3) is 0 Å². The van der Waals surface area contributed by atoms with Gasteiger partial charge in [0.25, 0.3) is 0 Å². The van der Waals surface area contributed by atoms with Crippen LogP contribution in [-0.4, -0.2) is 0 Å². The van der Waals surface area contributed by atoms with Crippen LogP contribution in [0.15, 0.2) is 42.5 Å². The first kappa shape index (κ1) is 13.0. The van der Waals surface area contributed by atoms with Gasteiger partial charge in [-0.25, -0.2) is 0 Å². The molecule has 2 rings (SSSR count). The van der Waals surface area contributed by atoms with Crippen molar-refractivity contribution < 1.29 is 0 Å². The lowest BCUT2D eigenvalue weighted by Gasteiger charge is -2.17. The Morgan fingerprint density at radius 1 is 1.00 bits per heavy atom. The second-order valence-corrected chi connectivity index (χ2v) is 5.17. The maximum Gasteiger partial charge on any atom is 0.0485 e. The van der Waals surface area contributed by atoms with Crippen molar-refractivity contribution in [3.63, 3.8) is 0 Å². The summed E-state index contributed by atoms with van der Waals surface area (Å²) < 4.78 is 0. The largest absolute Gasteiger partial charge is 0.378 e. The summed E-state index contributed by atoms with van der Waals surface area (Å²) in [7, 11) is 0. The van der Waals surface area contributed by atoms with Crippen molar-refractivity contribution in [3.8, 4) is 0 Å². The molecule has 0 heterocycles. The van der Waals surface area contributed by atoms with E-state index in [1.807, 2.05) is 18.2 Å². The molecule has 1 N–H and O–H groups in total. The first-order valence-electron chi connectivity index (χ1n) is 6.15. The normalized spacial score (nSPS) is 12.2. The highest BCUT2D eigenvalue weighted by Gasteiger charge is 2.06. The zero-order chi connectivity index (χ0) is 13.1. The van der Waals surface area contributed by atoms with Crippen LogP contribution in [-0.2, 0) is 0 Å². The Hall–Kier alpha value is -1.47. The highest BCUT2D eigenvalue weighted by molar-refractivity contribution is 6.30. The van der Waals surface area contributed by atoms with Gasteiger partial charge in [0, 0.05) is 16.8 Å². The van der Waals surface area contributed by atoms with Crippen LogP contribution in [0.5, 0.6) is 0 Å². The van der Waals surface area contributed by atoms with Crippen molar-refractivity contribution in [1.82, 2.24) is 0 Å². The van der Waals surface area contributed by atoms with Gasteiger partial charge < -0.3 is 5.32 Å². The molecule has 1 atom stereocenters. The van der Waals surface area contributed by atoms with Crippen LogP contribution < -0.4 is 5.32 Å². The molecule has 2 heteroatoms. The van der Waals surface area contributed by atoms with E-state index in [4.69, 9.17) is 11.6 Å². The van der Waals surface area contributed by atoms with Gasteiger partial charge in [-0.15, -0.1) is 0 Å². The average Bonchev–Trinajstić information content (AvgIpc) is 2.33. The van der Waals surface area contributed by atoms with E-state index < -0.39 is 0 Å². The van der Waals surface area contributed by atoms with E-state index in [-0.39, 0.29) is 6.04 Å². The molecule has 0 bridgehead atoms. The van der Waals surface area contributed by atoms with E-state index >= 15 is 0 Å². The molecule has 0 fully saturated rings. The number of nitrogens with one attached hydrogen (secondary N) is 1. The van der Waals surface area contributed by atoms with E-state index in [9.17, 15) is 0 Å². The molecule has 0 aliphatic rings. The molecular weight excluding hydrogens is 242 g/mol. The molecule has 2 aromatic rings. The third kappa shape index (κ3) is 3.05. The highest BCUT2D eigenvalue weighted by atomic mass is 35.5. The maximum atomic E-state index is 5.96. The van der Waals surface area contributed by atoms with Crippen molar-refractivity contribution in [3.05, 3.63) is 64.2 Å². The predicted molar refractivity (Wildman–Crippen MR) is 79.4 cm³/mol. The van der Waals surface area contributed by atoms with Crippen LogP contribution >= 0.6 is 11.6 Å². The second-order valence-electron chi connectivity index (χ2n) is 4.74. The Bertz CT molecular complexity index is 531. The molecule has 94 valence electrons. The highest BCUT2D eigenvalue weighted by Crippen LogP contribution is 2.24. The fourth-order valence-corrected chi connectivity index (χ4v) is 2.19. The number of benzene rings is 2. The number of aryl methyl sites for hydroxylation is 2. The van der Waals surface area contributed by atoms with Crippen LogP contribution in [0.2, 0.25) is 5.02 Å². The van der Waals surface area contributed by atoms with Gasteiger partial charge in [0.2, 0.25) is 0 Å². The predicted octanol–water partition coefficient (Wildman–Crippen LogP) is 5.13. The molecule has 18 heavy (non-hydrogen) atoms. The van der Waals surface area contributed by atoms with Gasteiger partial charge in [-0.3, -0.25) is 0 Å². The lowest BCUT2D eigenvalue weighted by atomic mass is 10.1. The van der Waals surface area contributed by atoms with Crippen LogP contribution in [0.3, 0.4) is 0 Å². The van der Waals surface area contributed by atoms with Crippen molar-refractivity contribution >= 4 is 17.3 Å². The average molecular weight is 260 g/mol. The molecule has 0 aromatic heterocycles. The molecule has 1 nitrogen and oxygen atoms in total. The molecule has 0 aliphatic carbocycles. The Kier molecular flexibility index (Phi) is 3.93. The van der Waals surface area contributed by atoms with E-state index in [2.05, 4.69) is 50.4 Å². The van der Waals surface area contributed by atoms with Crippen LogP contribution in [0, 0.1) is 13.8 Å². The summed E-state index contributed by atoms with van der Waals surface area (Å²) in [4.78, 5) is 0. The molecule has 0 spiro atoms. The smallest absolute Gasteiger partial charge is 0.0485 e. The van der Waals surface area contributed by atoms with Crippen molar-refractivity contribution in [2.24, 2.45) is 0 Å². The Balaban J connectivity index is 2.15. The zero-order valence-electron chi connectivity index (χ0n) is 11.0. The van der Waals surface area contributed by atoms with Crippen LogP contribution in [0.1, 0.15) is 29.7 Å². The fourth-order valence-electron chi connectivity index (χ4n) is 1.96. The molecule has 0 saturated heterocycles. The van der Waals surface area contributed by atoms with Gasteiger partial charge in [0.1, 0.15) is 0 Å². The molecule has 0 saturated carbocycles. The Morgan fingerprint density at radius 2 is 1.67 bits per heavy atom. The summed E-state index contributed by atoms with van der Waals surface area (Å²) in [5.74, 6) is 0. The lowest BCUT2D eigenvalue weighted by molar-refractivity contribution is 0.882. The summed E-state index contributed by atoms with van der Waals surface area (Å²) in [6.07, 6.45) is 0. The van der Waals surface area contributed by atoms with Gasteiger partial charge in [0.15, 0.2) is 0 Å². The first-order valence-corrected chi connectivity index (χ1v) is 6.53. The standard InChI is InChI=1S/C16H18ClN/c1-11-4-6-14(7-5-11)13(3)18-16-9-8-15(17)10-12(16)2/h4-10,13,18H,1-3H3. The number of halogens is 1. The second kappa shape index (κ2) is 5.45. The minimum absolute atomic E-state index is 0.283. The van der Waals surface area contributed by atoms with E-state index in [0.717, 1.165) is 10.7 Å². The minimum atomic E-state index is 0.283. The third-order valence-corrected chi connectivity index (χ3v) is 3.37. The van der Waals surface area contributed by atoms with E-state index in [0.29, 0.717) is 0 Å². The summed E-state index contributed by atoms with van der Waals surface area (Å²) in [6.45, 7) is 6.33. The van der Waals surface area contributed by atoms with Crippen LogP contribution in [0.4, 0.5) is 5.69 Å². The van der Waals surface area contributed by atoms with Gasteiger partial charge in [-0.05, 0) is 50.1 Å². The van der Waals surface area contributed by atoms with Crippen molar-refractivity contribution in [2.45, 2.75) is 26.8 Å². The van der Waals surface area contributed by atoms with Gasteiger partial charge in [0.05, 0.1) is 0 Å². The number of hydrogen-bond acceptors (Lipinski definition) is 1. The van der Waals surface area contributed by atoms with Crippen molar-refractivity contribution in [1.29, 1.82) is 0 Å². The zero-order valence-corrected chi connectivity index (χ0v) is 11.8. The van der Waals surface area contributed by atoms with E-state index in [1.54, 1.807) is 0 Å². The molecular formula is C16H18ClN. The fraction of sp³-hybridized carbons (Fsp3) is 0.250. The van der Waals surface area contributed by atoms with Crippen molar-refractivity contribution in [2.75, 3.05) is 5.32 Å². The lowest BCUT2D eigenvalue weighted by Crippen LogP contribution is -2.07. The molecule has 2 aromatic carbocycles. The SMILES string of the molecule is Cc1ccc(C(C)Nc2ccc(Cl)cc2C)cc1. The third-order valence-electron chi connectivity index (χ3n) is 3.14. The summed E-state index contributed by atoms with van der Waals surface area (Å²) >= 11 is 5.96. The van der Waals surface area contributed by atoms with E-state index in [1.165, 1.54) is 16.7 Å². The number of rotatable bonds is 3. The Morgan fingerprint density at radius 3 is 2.28 bits per heavy atom. The molecule has 0 aliphatic heterocycles. The summed E-state index contributed by atoms with van der Waals surface area (Å²) in [5.41, 5.74) is 4.87. The molecule has 1 unspecified atom stereocenters. The van der Waals surface area contributed by atoms with Gasteiger partial charge in [-0.2, -0.15) is 0 Å². The summed E-state index contributed by atoms with van der Waals surface area (Å²) in [6, 6.07) is 14.8. The monoisotopic (exact) mass is 259 g/mol. The summed E-state index contributed by atoms with van der Waals surface area (Å²) in [5, 5.41) is 4.29. The number of anilines is 1. The minimum Gasteiger partial charge on any atom is -0.378 e. The Labute approximate surface area is 114 Å². The topological polar surface area (TPSA) is 12.0 Å². The molecule has 0 amide bonds. The van der Waals surface area contributed by atoms with Gasteiger partial charge >= 0.3 is 0 Å². The quantitative estimate of drug-likeness (QED) is 0.806.